The Kier molecular flexibility index (Phi) is 8.76. The predicted octanol–water partition coefficient (Wildman–Crippen LogP) is 6.06. The quantitative estimate of drug-likeness (QED) is 0.243. The number of nitrogens with one attached hydrogen (secondary N) is 1. The molecule has 0 bridgehead atoms. The second kappa shape index (κ2) is 12.8. The molecule has 3 heterocycles. The van der Waals surface area contributed by atoms with Crippen molar-refractivity contribution in [3.63, 3.8) is 0 Å². The van der Waals surface area contributed by atoms with Gasteiger partial charge >= 0.3 is 11.9 Å². The van der Waals surface area contributed by atoms with Gasteiger partial charge in [-0.3, -0.25) is 4.90 Å². The Morgan fingerprint density at radius 1 is 0.975 bits per heavy atom. The van der Waals surface area contributed by atoms with E-state index >= 15 is 0 Å². The highest BCUT2D eigenvalue weighted by molar-refractivity contribution is 5.89. The number of H-pyrrole nitrogens is 1. The first kappa shape index (κ1) is 27.4. The van der Waals surface area contributed by atoms with Crippen LogP contribution in [-0.2, 0) is 35.5 Å². The molecular weight excluding hydrogens is 506 g/mol. The maximum Gasteiger partial charge on any atom is 0.328 e. The van der Waals surface area contributed by atoms with Crippen molar-refractivity contribution in [2.75, 3.05) is 6.54 Å². The van der Waals surface area contributed by atoms with Gasteiger partial charge in [0.1, 0.15) is 5.76 Å². The first-order chi connectivity index (χ1) is 19.5. The number of aromatic amines is 1. The van der Waals surface area contributed by atoms with Crippen LogP contribution in [0.3, 0.4) is 0 Å². The maximum atomic E-state index is 9.55. The van der Waals surface area contributed by atoms with E-state index in [1.165, 1.54) is 59.8 Å². The van der Waals surface area contributed by atoms with Gasteiger partial charge in [-0.15, -0.1) is 0 Å². The molecule has 208 valence electrons. The van der Waals surface area contributed by atoms with Gasteiger partial charge in [0.25, 0.3) is 0 Å². The van der Waals surface area contributed by atoms with Gasteiger partial charge in [-0.1, -0.05) is 67.8 Å². The van der Waals surface area contributed by atoms with Crippen LogP contribution in [0, 0.1) is 0 Å². The van der Waals surface area contributed by atoms with Crippen LogP contribution in [0.2, 0.25) is 0 Å². The third kappa shape index (κ3) is 6.87. The standard InChI is InChI=1S/C28H31N3O.C4H4O4/c1-3-9-20(10-4-1)17-25-27(32-28(30-25)21-11-5-2-6-12-21)19-31-16-15-23-22-13-7-8-14-24(22)29-26(23)18-31;5-3(6)1-2-4(7)8/h1,3-4,7-10,13-14,21,29H,2,5-6,11-12,15-19H2;1-2H,(H,5,6)(H,7,8). The number of benzene rings is 2. The summed E-state index contributed by atoms with van der Waals surface area (Å²) in [7, 11) is 0. The molecule has 2 aliphatic rings. The van der Waals surface area contributed by atoms with E-state index < -0.39 is 11.9 Å². The number of hydrogen-bond acceptors (Lipinski definition) is 5. The molecule has 0 radical (unpaired) electrons. The SMILES string of the molecule is O=C(O)C=CC(=O)O.c1ccc(Cc2nc(C3CCCCC3)oc2CN2CCc3c([nH]c4ccccc34)C2)cc1. The molecule has 1 aliphatic heterocycles. The van der Waals surface area contributed by atoms with E-state index in [1.54, 1.807) is 0 Å². The van der Waals surface area contributed by atoms with Crippen molar-refractivity contribution in [3.8, 4) is 0 Å². The molecule has 6 rings (SSSR count). The summed E-state index contributed by atoms with van der Waals surface area (Å²) in [4.78, 5) is 30.3. The zero-order valence-electron chi connectivity index (χ0n) is 22.5. The van der Waals surface area contributed by atoms with Gasteiger partial charge in [-0.05, 0) is 36.5 Å². The fourth-order valence-corrected chi connectivity index (χ4v) is 5.71. The molecule has 0 spiro atoms. The third-order valence-electron chi connectivity index (χ3n) is 7.66. The predicted molar refractivity (Wildman–Crippen MR) is 152 cm³/mol. The lowest BCUT2D eigenvalue weighted by Crippen LogP contribution is -2.30. The van der Waals surface area contributed by atoms with Crippen LogP contribution in [0.1, 0.15) is 72.2 Å². The second-order valence-electron chi connectivity index (χ2n) is 10.5. The normalized spacial score (nSPS) is 16.0. The van der Waals surface area contributed by atoms with E-state index in [-0.39, 0.29) is 0 Å². The molecule has 40 heavy (non-hydrogen) atoms. The van der Waals surface area contributed by atoms with Gasteiger partial charge in [0.2, 0.25) is 0 Å². The van der Waals surface area contributed by atoms with Crippen LogP contribution in [0.4, 0.5) is 0 Å². The molecule has 0 amide bonds. The Bertz CT molecular complexity index is 1460. The molecule has 0 saturated heterocycles. The van der Waals surface area contributed by atoms with Crippen molar-refractivity contribution in [1.29, 1.82) is 0 Å². The molecule has 1 aliphatic carbocycles. The summed E-state index contributed by atoms with van der Waals surface area (Å²) in [6.07, 6.45) is 9.41. The zero-order valence-corrected chi connectivity index (χ0v) is 22.5. The van der Waals surface area contributed by atoms with Gasteiger partial charge in [0.15, 0.2) is 5.89 Å². The van der Waals surface area contributed by atoms with E-state index in [1.807, 2.05) is 0 Å². The summed E-state index contributed by atoms with van der Waals surface area (Å²) in [6.45, 7) is 2.82. The van der Waals surface area contributed by atoms with Crippen molar-refractivity contribution in [2.45, 2.75) is 64.0 Å². The fourth-order valence-electron chi connectivity index (χ4n) is 5.71. The average molecular weight is 542 g/mol. The fraction of sp³-hybridized carbons (Fsp3) is 0.344. The lowest BCUT2D eigenvalue weighted by atomic mass is 9.89. The molecule has 1 fully saturated rings. The number of aliphatic carboxylic acids is 2. The summed E-state index contributed by atoms with van der Waals surface area (Å²) in [6, 6.07) is 19.4. The summed E-state index contributed by atoms with van der Waals surface area (Å²) >= 11 is 0. The summed E-state index contributed by atoms with van der Waals surface area (Å²) < 4.78 is 6.51. The van der Waals surface area contributed by atoms with Crippen LogP contribution >= 0.6 is 0 Å². The molecule has 8 heteroatoms. The highest BCUT2D eigenvalue weighted by Gasteiger charge is 2.26. The molecule has 8 nitrogen and oxygen atoms in total. The molecule has 2 aromatic carbocycles. The number of nitrogens with zero attached hydrogens (tertiary/aromatic N) is 2. The minimum Gasteiger partial charge on any atom is -0.478 e. The number of rotatable bonds is 7. The Labute approximate surface area is 233 Å². The number of oxazole rings is 1. The number of carboxylic acid groups (broad SMARTS) is 2. The monoisotopic (exact) mass is 541 g/mol. The first-order valence-electron chi connectivity index (χ1n) is 13.9. The summed E-state index contributed by atoms with van der Waals surface area (Å²) in [5.74, 6) is 0.0245. The van der Waals surface area contributed by atoms with Crippen LogP contribution in [0.25, 0.3) is 10.9 Å². The van der Waals surface area contributed by atoms with E-state index in [9.17, 15) is 9.59 Å². The van der Waals surface area contributed by atoms with Gasteiger partial charge < -0.3 is 19.6 Å². The number of aromatic nitrogens is 2. The highest BCUT2D eigenvalue weighted by atomic mass is 16.4. The Hall–Kier alpha value is -4.17. The number of hydrogen-bond donors (Lipinski definition) is 3. The molecule has 0 unspecified atom stereocenters. The van der Waals surface area contributed by atoms with Gasteiger partial charge in [-0.25, -0.2) is 14.6 Å². The Morgan fingerprint density at radius 3 is 2.40 bits per heavy atom. The Balaban J connectivity index is 0.000000355. The molecule has 0 atom stereocenters. The average Bonchev–Trinajstić information content (AvgIpc) is 3.54. The Morgan fingerprint density at radius 2 is 1.68 bits per heavy atom. The molecular formula is C32H35N3O5. The van der Waals surface area contributed by atoms with E-state index in [0.717, 1.165) is 49.8 Å². The molecule has 2 aromatic heterocycles. The number of carboxylic acids is 2. The summed E-state index contributed by atoms with van der Waals surface area (Å²) in [5, 5.41) is 17.0. The molecule has 4 aromatic rings. The zero-order chi connectivity index (χ0) is 27.9. The highest BCUT2D eigenvalue weighted by Crippen LogP contribution is 2.34. The van der Waals surface area contributed by atoms with Crippen molar-refractivity contribution < 1.29 is 24.2 Å². The van der Waals surface area contributed by atoms with E-state index in [0.29, 0.717) is 18.1 Å². The minimum atomic E-state index is -1.26. The van der Waals surface area contributed by atoms with Crippen molar-refractivity contribution in [3.05, 3.63) is 101 Å². The second-order valence-corrected chi connectivity index (χ2v) is 10.5. The van der Waals surface area contributed by atoms with Crippen molar-refractivity contribution >= 4 is 22.8 Å². The first-order valence-corrected chi connectivity index (χ1v) is 13.9. The largest absolute Gasteiger partial charge is 0.478 e. The smallest absolute Gasteiger partial charge is 0.328 e. The van der Waals surface area contributed by atoms with Gasteiger partial charge in [0.05, 0.1) is 12.2 Å². The van der Waals surface area contributed by atoms with Crippen LogP contribution in [0.5, 0.6) is 0 Å². The van der Waals surface area contributed by atoms with E-state index in [2.05, 4.69) is 64.5 Å². The van der Waals surface area contributed by atoms with E-state index in [4.69, 9.17) is 19.6 Å². The van der Waals surface area contributed by atoms with Crippen LogP contribution in [0.15, 0.2) is 71.2 Å². The topological polar surface area (TPSA) is 120 Å². The number of para-hydroxylation sites is 1. The molecule has 3 N–H and O–H groups in total. The lowest BCUT2D eigenvalue weighted by Gasteiger charge is -2.26. The van der Waals surface area contributed by atoms with Crippen molar-refractivity contribution in [1.82, 2.24) is 14.9 Å². The molecule has 1 saturated carbocycles. The van der Waals surface area contributed by atoms with Gasteiger partial charge in [-0.2, -0.15) is 0 Å². The van der Waals surface area contributed by atoms with Crippen molar-refractivity contribution in [2.24, 2.45) is 0 Å². The van der Waals surface area contributed by atoms with Crippen LogP contribution < -0.4 is 0 Å². The van der Waals surface area contributed by atoms with Gasteiger partial charge in [0, 0.05) is 54.2 Å². The number of fused-ring (bicyclic) bond motifs is 3. The maximum absolute atomic E-state index is 9.55. The summed E-state index contributed by atoms with van der Waals surface area (Å²) in [5.41, 5.74) is 6.52. The minimum absolute atomic E-state index is 0.494. The third-order valence-corrected chi connectivity index (χ3v) is 7.66. The number of carbonyl (C=O) groups is 2. The lowest BCUT2D eigenvalue weighted by molar-refractivity contribution is -0.134. The van der Waals surface area contributed by atoms with Crippen LogP contribution in [-0.4, -0.2) is 43.6 Å².